The second kappa shape index (κ2) is 14.7. The Bertz CT molecular complexity index is 1160. The first-order chi connectivity index (χ1) is 18.9. The minimum Gasteiger partial charge on any atom is -0.381 e. The minimum absolute atomic E-state index is 0.155. The summed E-state index contributed by atoms with van der Waals surface area (Å²) < 4.78 is 6.44. The molecule has 2 aliphatic heterocycles. The average molecular weight is 576 g/mol. The van der Waals surface area contributed by atoms with Crippen LogP contribution in [0.4, 0.5) is 0 Å². The molecule has 1 aromatic heterocycles. The standard InChI is InChI=1S/C28H38ClN5O4S/c1-19(35)31-23(17-27-32-22-8-7-21(29)16-25(22)39-27)28(37)33-24(20-9-14-38-15-10-20)18-30-26(36)6-5-13-34-11-3-2-4-12-34/h5-8,16,20,23-24H,2-4,9-15,17-18H2,1H3,(H,30,36)(H,31,35)(H,33,37)/b6-5+/t23-,24+/m0/s1. The minimum atomic E-state index is -0.791. The largest absolute Gasteiger partial charge is 0.381 e. The molecular formula is C28H38ClN5O4S. The molecule has 3 heterocycles. The van der Waals surface area contributed by atoms with Crippen LogP contribution in [0.25, 0.3) is 10.2 Å². The molecule has 0 bridgehead atoms. The fourth-order valence-electron chi connectivity index (χ4n) is 5.12. The zero-order chi connectivity index (χ0) is 27.6. The predicted octanol–water partition coefficient (Wildman–Crippen LogP) is 3.07. The van der Waals surface area contributed by atoms with Gasteiger partial charge in [0.05, 0.1) is 15.2 Å². The van der Waals surface area contributed by atoms with Crippen LogP contribution < -0.4 is 16.0 Å². The van der Waals surface area contributed by atoms with Crippen LogP contribution in [0, 0.1) is 5.92 Å². The molecule has 3 amide bonds. The smallest absolute Gasteiger partial charge is 0.243 e. The molecule has 2 atom stereocenters. The molecule has 2 aliphatic rings. The number of fused-ring (bicyclic) bond motifs is 1. The number of nitrogens with zero attached hydrogens (tertiary/aromatic N) is 2. The number of halogens is 1. The van der Waals surface area contributed by atoms with Gasteiger partial charge in [-0.3, -0.25) is 19.3 Å². The maximum Gasteiger partial charge on any atom is 0.243 e. The molecule has 4 rings (SSSR count). The Morgan fingerprint density at radius 1 is 1.18 bits per heavy atom. The molecule has 9 nitrogen and oxygen atoms in total. The normalized spacial score (nSPS) is 18.6. The van der Waals surface area contributed by atoms with E-state index in [0.717, 1.165) is 47.7 Å². The van der Waals surface area contributed by atoms with Crippen LogP contribution in [0.15, 0.2) is 30.4 Å². The number of rotatable bonds is 11. The molecule has 2 aromatic rings. The molecule has 212 valence electrons. The number of thiazole rings is 1. The summed E-state index contributed by atoms with van der Waals surface area (Å²) in [5.74, 6) is -0.615. The molecule has 2 saturated heterocycles. The van der Waals surface area contributed by atoms with Gasteiger partial charge in [-0.05, 0) is 62.9 Å². The Morgan fingerprint density at radius 3 is 2.69 bits per heavy atom. The van der Waals surface area contributed by atoms with Crippen LogP contribution in [0.3, 0.4) is 0 Å². The lowest BCUT2D eigenvalue weighted by Gasteiger charge is -2.32. The first-order valence-electron chi connectivity index (χ1n) is 13.7. The van der Waals surface area contributed by atoms with Gasteiger partial charge in [-0.1, -0.05) is 24.1 Å². The van der Waals surface area contributed by atoms with E-state index in [0.29, 0.717) is 24.8 Å². The zero-order valence-electron chi connectivity index (χ0n) is 22.4. The Morgan fingerprint density at radius 2 is 1.95 bits per heavy atom. The van der Waals surface area contributed by atoms with Gasteiger partial charge in [-0.25, -0.2) is 4.98 Å². The number of ether oxygens (including phenoxy) is 1. The van der Waals surface area contributed by atoms with E-state index in [4.69, 9.17) is 16.3 Å². The van der Waals surface area contributed by atoms with Gasteiger partial charge >= 0.3 is 0 Å². The van der Waals surface area contributed by atoms with Gasteiger partial charge in [-0.15, -0.1) is 11.3 Å². The third-order valence-electron chi connectivity index (χ3n) is 7.21. The number of carbonyl (C=O) groups excluding carboxylic acids is 3. The van der Waals surface area contributed by atoms with E-state index in [-0.39, 0.29) is 36.1 Å². The molecule has 1 aromatic carbocycles. The van der Waals surface area contributed by atoms with E-state index in [2.05, 4.69) is 25.8 Å². The Labute approximate surface area is 238 Å². The fraction of sp³-hybridized carbons (Fsp3) is 0.571. The van der Waals surface area contributed by atoms with Gasteiger partial charge in [0, 0.05) is 56.8 Å². The van der Waals surface area contributed by atoms with Crippen LogP contribution in [0.5, 0.6) is 0 Å². The lowest BCUT2D eigenvalue weighted by molar-refractivity contribution is -0.129. The van der Waals surface area contributed by atoms with E-state index in [1.54, 1.807) is 12.1 Å². The highest BCUT2D eigenvalue weighted by Crippen LogP contribution is 2.26. The molecule has 11 heteroatoms. The van der Waals surface area contributed by atoms with Crippen molar-refractivity contribution in [2.45, 2.75) is 57.5 Å². The summed E-state index contributed by atoms with van der Waals surface area (Å²) in [6.45, 7) is 5.84. The van der Waals surface area contributed by atoms with Gasteiger partial charge in [0.2, 0.25) is 17.7 Å². The molecule has 0 saturated carbocycles. The first kappa shape index (κ1) is 29.5. The number of nitrogens with one attached hydrogen (secondary N) is 3. The molecule has 2 fully saturated rings. The van der Waals surface area contributed by atoms with E-state index in [9.17, 15) is 14.4 Å². The monoisotopic (exact) mass is 575 g/mol. The lowest BCUT2D eigenvalue weighted by Crippen LogP contribution is -2.55. The Balaban J connectivity index is 1.38. The third-order valence-corrected chi connectivity index (χ3v) is 8.48. The van der Waals surface area contributed by atoms with Crippen molar-refractivity contribution in [3.63, 3.8) is 0 Å². The third kappa shape index (κ3) is 9.27. The summed E-state index contributed by atoms with van der Waals surface area (Å²) in [6, 6.07) is 4.39. The molecule has 0 unspecified atom stereocenters. The molecule has 0 spiro atoms. The number of piperidine rings is 1. The summed E-state index contributed by atoms with van der Waals surface area (Å²) in [5, 5.41) is 10.2. The Kier molecular flexibility index (Phi) is 11.1. The van der Waals surface area contributed by atoms with Crippen LogP contribution in [-0.2, 0) is 25.5 Å². The van der Waals surface area contributed by atoms with Crippen molar-refractivity contribution >= 4 is 50.9 Å². The van der Waals surface area contributed by atoms with Crippen molar-refractivity contribution in [1.82, 2.24) is 25.8 Å². The highest BCUT2D eigenvalue weighted by Gasteiger charge is 2.29. The molecule has 0 radical (unpaired) electrons. The van der Waals surface area contributed by atoms with E-state index >= 15 is 0 Å². The van der Waals surface area contributed by atoms with Crippen molar-refractivity contribution in [2.75, 3.05) is 39.4 Å². The summed E-state index contributed by atoms with van der Waals surface area (Å²) in [4.78, 5) is 45.0. The number of carbonyl (C=O) groups is 3. The van der Waals surface area contributed by atoms with Gasteiger partial charge < -0.3 is 20.7 Å². The summed E-state index contributed by atoms with van der Waals surface area (Å²) in [5.41, 5.74) is 0.803. The van der Waals surface area contributed by atoms with Crippen LogP contribution in [0.2, 0.25) is 5.02 Å². The quantitative estimate of drug-likeness (QED) is 0.355. The highest BCUT2D eigenvalue weighted by molar-refractivity contribution is 7.18. The number of benzene rings is 1. The van der Waals surface area contributed by atoms with Crippen LogP contribution >= 0.6 is 22.9 Å². The van der Waals surface area contributed by atoms with Crippen molar-refractivity contribution in [1.29, 1.82) is 0 Å². The number of amides is 3. The summed E-state index contributed by atoms with van der Waals surface area (Å²) in [6.07, 6.45) is 9.01. The number of likely N-dealkylation sites (tertiary alicyclic amines) is 1. The molecule has 3 N–H and O–H groups in total. The SMILES string of the molecule is CC(=O)N[C@@H](Cc1nc2ccc(Cl)cc2s1)C(=O)N[C@H](CNC(=O)/C=C/CN1CCCCC1)C1CCOCC1. The van der Waals surface area contributed by atoms with Gasteiger partial charge in [0.15, 0.2) is 0 Å². The number of hydrogen-bond acceptors (Lipinski definition) is 7. The van der Waals surface area contributed by atoms with Crippen molar-refractivity contribution < 1.29 is 19.1 Å². The lowest BCUT2D eigenvalue weighted by atomic mass is 9.91. The second-order valence-electron chi connectivity index (χ2n) is 10.3. The summed E-state index contributed by atoms with van der Waals surface area (Å²) in [7, 11) is 0. The van der Waals surface area contributed by atoms with E-state index < -0.39 is 6.04 Å². The highest BCUT2D eigenvalue weighted by atomic mass is 35.5. The van der Waals surface area contributed by atoms with Crippen molar-refractivity contribution in [3.8, 4) is 0 Å². The average Bonchev–Trinajstić information content (AvgIpc) is 3.32. The van der Waals surface area contributed by atoms with Crippen molar-refractivity contribution in [3.05, 3.63) is 40.4 Å². The summed E-state index contributed by atoms with van der Waals surface area (Å²) >= 11 is 7.56. The Hall–Kier alpha value is -2.53. The van der Waals surface area contributed by atoms with Crippen LogP contribution in [0.1, 0.15) is 44.0 Å². The second-order valence-corrected chi connectivity index (χ2v) is 11.8. The van der Waals surface area contributed by atoms with Crippen LogP contribution in [-0.4, -0.2) is 79.1 Å². The fourth-order valence-corrected chi connectivity index (χ4v) is 6.41. The van der Waals surface area contributed by atoms with Gasteiger partial charge in [0.25, 0.3) is 0 Å². The molecule has 39 heavy (non-hydrogen) atoms. The molecule has 0 aliphatic carbocycles. The van der Waals surface area contributed by atoms with Crippen molar-refractivity contribution in [2.24, 2.45) is 5.92 Å². The van der Waals surface area contributed by atoms with E-state index in [1.807, 2.05) is 18.2 Å². The van der Waals surface area contributed by atoms with E-state index in [1.165, 1.54) is 37.5 Å². The predicted molar refractivity (Wildman–Crippen MR) is 154 cm³/mol. The van der Waals surface area contributed by atoms with Gasteiger partial charge in [0.1, 0.15) is 6.04 Å². The number of hydrogen-bond donors (Lipinski definition) is 3. The topological polar surface area (TPSA) is 113 Å². The molecular weight excluding hydrogens is 538 g/mol. The zero-order valence-corrected chi connectivity index (χ0v) is 24.0. The first-order valence-corrected chi connectivity index (χ1v) is 14.9. The maximum atomic E-state index is 13.5. The maximum absolute atomic E-state index is 13.5. The van der Waals surface area contributed by atoms with Gasteiger partial charge in [-0.2, -0.15) is 0 Å². The number of aromatic nitrogens is 1.